The van der Waals surface area contributed by atoms with Gasteiger partial charge in [-0.1, -0.05) is 19.9 Å². The first-order valence-electron chi connectivity index (χ1n) is 8.44. The third-order valence-corrected chi connectivity index (χ3v) is 7.38. The van der Waals surface area contributed by atoms with Gasteiger partial charge < -0.3 is 9.84 Å². The number of likely N-dealkylation sites (N-methyl/N-ethyl adjacent to an activating group) is 1. The Bertz CT molecular complexity index is 687. The minimum Gasteiger partial charge on any atom is -0.497 e. The van der Waals surface area contributed by atoms with E-state index in [9.17, 15) is 9.90 Å². The molecular formula is C19H25NO3. The van der Waals surface area contributed by atoms with E-state index in [4.69, 9.17) is 4.74 Å². The number of rotatable bonds is 2. The fourth-order valence-corrected chi connectivity index (χ4v) is 5.85. The fraction of sp³-hybridized carbons (Fsp3) is 0.632. The molecule has 2 aliphatic carbocycles. The molecule has 0 spiro atoms. The summed E-state index contributed by atoms with van der Waals surface area (Å²) in [6.45, 7) is 4.65. The van der Waals surface area contributed by atoms with Crippen molar-refractivity contribution in [2.45, 2.75) is 50.6 Å². The second-order valence-corrected chi connectivity index (χ2v) is 8.08. The van der Waals surface area contributed by atoms with Crippen LogP contribution in [0.2, 0.25) is 0 Å². The normalized spacial score (nSPS) is 41.5. The number of hydrogen-bond donors (Lipinski definition) is 1. The van der Waals surface area contributed by atoms with Crippen molar-refractivity contribution in [2.75, 3.05) is 14.2 Å². The minimum absolute atomic E-state index is 0.0150. The zero-order chi connectivity index (χ0) is 16.6. The summed E-state index contributed by atoms with van der Waals surface area (Å²) < 4.78 is 5.45. The molecule has 3 fully saturated rings. The average Bonchev–Trinajstić information content (AvgIpc) is 2.51. The van der Waals surface area contributed by atoms with Crippen LogP contribution in [0.1, 0.15) is 37.8 Å². The summed E-state index contributed by atoms with van der Waals surface area (Å²) in [4.78, 5) is 14.1. The van der Waals surface area contributed by atoms with E-state index in [0.717, 1.165) is 25.0 Å². The van der Waals surface area contributed by atoms with Gasteiger partial charge >= 0.3 is 5.97 Å². The molecule has 2 aliphatic heterocycles. The molecule has 2 heterocycles. The summed E-state index contributed by atoms with van der Waals surface area (Å²) in [5.74, 6) is 0.0121. The highest BCUT2D eigenvalue weighted by molar-refractivity contribution is 5.72. The zero-order valence-corrected chi connectivity index (χ0v) is 14.3. The lowest BCUT2D eigenvalue weighted by molar-refractivity contribution is -0.176. The lowest BCUT2D eigenvalue weighted by atomic mass is 9.42. The molecule has 1 saturated carbocycles. The molecular weight excluding hydrogens is 290 g/mol. The maximum atomic E-state index is 11.8. The number of ether oxygens (including phenoxy) is 1. The first kappa shape index (κ1) is 15.0. The highest BCUT2D eigenvalue weighted by Gasteiger charge is 2.66. The molecule has 0 aromatic heterocycles. The second-order valence-electron chi connectivity index (χ2n) is 8.08. The maximum Gasteiger partial charge on any atom is 0.308 e. The third kappa shape index (κ3) is 1.68. The summed E-state index contributed by atoms with van der Waals surface area (Å²) in [6.07, 6.45) is 2.69. The third-order valence-electron chi connectivity index (χ3n) is 7.38. The maximum absolute atomic E-state index is 11.8. The van der Waals surface area contributed by atoms with Crippen LogP contribution in [-0.2, 0) is 16.6 Å². The summed E-state index contributed by atoms with van der Waals surface area (Å²) in [5.41, 5.74) is 2.77. The van der Waals surface area contributed by atoms with Crippen LogP contribution in [0.4, 0.5) is 0 Å². The topological polar surface area (TPSA) is 49.8 Å². The molecule has 3 unspecified atom stereocenters. The Morgan fingerprint density at radius 1 is 1.35 bits per heavy atom. The van der Waals surface area contributed by atoms with Crippen molar-refractivity contribution < 1.29 is 14.6 Å². The molecule has 4 bridgehead atoms. The highest BCUT2D eigenvalue weighted by Crippen LogP contribution is 2.64. The number of carboxylic acids is 1. The van der Waals surface area contributed by atoms with Crippen molar-refractivity contribution in [3.8, 4) is 5.75 Å². The number of methoxy groups -OCH3 is 1. The highest BCUT2D eigenvalue weighted by atomic mass is 16.5. The number of hydrogen-bond acceptors (Lipinski definition) is 3. The minimum atomic E-state index is -0.639. The van der Waals surface area contributed by atoms with Gasteiger partial charge in [0.15, 0.2) is 0 Å². The summed E-state index contributed by atoms with van der Waals surface area (Å²) in [6, 6.07) is 6.98. The molecule has 1 N–H and O–H groups in total. The van der Waals surface area contributed by atoms with Gasteiger partial charge in [0, 0.05) is 17.5 Å². The number of benzene rings is 1. The molecule has 1 aromatic rings. The van der Waals surface area contributed by atoms with Crippen molar-refractivity contribution in [1.82, 2.24) is 4.90 Å². The van der Waals surface area contributed by atoms with Gasteiger partial charge in [-0.15, -0.1) is 0 Å². The van der Waals surface area contributed by atoms with Crippen LogP contribution in [0.25, 0.3) is 0 Å². The van der Waals surface area contributed by atoms with Gasteiger partial charge in [0.25, 0.3) is 0 Å². The fourth-order valence-electron chi connectivity index (χ4n) is 5.85. The Balaban J connectivity index is 1.89. The molecule has 0 radical (unpaired) electrons. The Morgan fingerprint density at radius 2 is 2.09 bits per heavy atom. The number of nitrogens with zero attached hydrogens (tertiary/aromatic N) is 1. The van der Waals surface area contributed by atoms with E-state index in [0.29, 0.717) is 6.04 Å². The Kier molecular flexibility index (Phi) is 2.94. The van der Waals surface area contributed by atoms with Gasteiger partial charge in [-0.05, 0) is 55.0 Å². The van der Waals surface area contributed by atoms with E-state index in [1.165, 1.54) is 11.1 Å². The van der Waals surface area contributed by atoms with E-state index in [1.807, 2.05) is 6.07 Å². The first-order valence-corrected chi connectivity index (χ1v) is 8.44. The molecule has 5 atom stereocenters. The van der Waals surface area contributed by atoms with Crippen LogP contribution in [0.5, 0.6) is 5.75 Å². The van der Waals surface area contributed by atoms with Crippen molar-refractivity contribution in [3.05, 3.63) is 29.3 Å². The molecule has 124 valence electrons. The van der Waals surface area contributed by atoms with Crippen molar-refractivity contribution >= 4 is 5.97 Å². The number of piperidine rings is 2. The zero-order valence-electron chi connectivity index (χ0n) is 14.3. The molecule has 5 rings (SSSR count). The van der Waals surface area contributed by atoms with Crippen LogP contribution in [0.3, 0.4) is 0 Å². The standard InChI is InChI=1S/C19H25NO3/c1-18-10-15-13(17(21)22)9-19(18,2)16(20(15)3)7-11-5-6-12(23-4)8-14(11)18/h5-6,8,13,15-16H,7,9-10H2,1-4H3,(H,21,22)/t13?,15?,16?,18-,19+/m0/s1. The summed E-state index contributed by atoms with van der Waals surface area (Å²) >= 11 is 0. The van der Waals surface area contributed by atoms with Crippen LogP contribution in [-0.4, -0.2) is 42.2 Å². The van der Waals surface area contributed by atoms with E-state index in [1.54, 1.807) is 7.11 Å². The molecule has 0 amide bonds. The quantitative estimate of drug-likeness (QED) is 0.911. The Hall–Kier alpha value is -1.55. The van der Waals surface area contributed by atoms with Gasteiger partial charge in [-0.3, -0.25) is 9.69 Å². The molecule has 23 heavy (non-hydrogen) atoms. The van der Waals surface area contributed by atoms with E-state index < -0.39 is 5.97 Å². The van der Waals surface area contributed by atoms with Gasteiger partial charge in [-0.25, -0.2) is 0 Å². The largest absolute Gasteiger partial charge is 0.497 e. The van der Waals surface area contributed by atoms with Crippen LogP contribution < -0.4 is 4.74 Å². The Labute approximate surface area is 137 Å². The van der Waals surface area contributed by atoms with E-state index in [2.05, 4.69) is 37.9 Å². The molecule has 4 aliphatic rings. The second kappa shape index (κ2) is 4.50. The van der Waals surface area contributed by atoms with Crippen LogP contribution >= 0.6 is 0 Å². The van der Waals surface area contributed by atoms with Crippen molar-refractivity contribution in [2.24, 2.45) is 11.3 Å². The predicted octanol–water partition coefficient (Wildman–Crippen LogP) is 2.69. The Morgan fingerprint density at radius 3 is 2.74 bits per heavy atom. The van der Waals surface area contributed by atoms with E-state index >= 15 is 0 Å². The number of carbonyl (C=O) groups is 1. The smallest absolute Gasteiger partial charge is 0.308 e. The molecule has 4 nitrogen and oxygen atoms in total. The first-order chi connectivity index (χ1) is 10.8. The summed E-state index contributed by atoms with van der Waals surface area (Å²) in [7, 11) is 3.83. The van der Waals surface area contributed by atoms with Crippen molar-refractivity contribution in [1.29, 1.82) is 0 Å². The van der Waals surface area contributed by atoms with Crippen molar-refractivity contribution in [3.63, 3.8) is 0 Å². The molecule has 2 saturated heterocycles. The summed E-state index contributed by atoms with van der Waals surface area (Å²) in [5, 5.41) is 9.67. The predicted molar refractivity (Wildman–Crippen MR) is 87.9 cm³/mol. The van der Waals surface area contributed by atoms with Gasteiger partial charge in [0.1, 0.15) is 5.75 Å². The molecule has 4 heteroatoms. The lowest BCUT2D eigenvalue weighted by Crippen LogP contribution is -2.73. The van der Waals surface area contributed by atoms with Gasteiger partial charge in [0.05, 0.1) is 13.0 Å². The van der Waals surface area contributed by atoms with E-state index in [-0.39, 0.29) is 22.8 Å². The average molecular weight is 315 g/mol. The van der Waals surface area contributed by atoms with Crippen LogP contribution in [0, 0.1) is 11.3 Å². The van der Waals surface area contributed by atoms with Gasteiger partial charge in [-0.2, -0.15) is 0 Å². The monoisotopic (exact) mass is 315 g/mol. The number of fused-ring (bicyclic) bond motifs is 2. The number of aliphatic carboxylic acids is 1. The van der Waals surface area contributed by atoms with Crippen LogP contribution in [0.15, 0.2) is 18.2 Å². The lowest BCUT2D eigenvalue weighted by Gasteiger charge is -2.69. The number of carboxylic acid groups (broad SMARTS) is 1. The molecule has 1 aromatic carbocycles. The SMILES string of the molecule is COc1ccc2c(c1)[C@]1(C)CC3C(C(=O)O)C[C@]1(C)C(C2)N3C. The van der Waals surface area contributed by atoms with Gasteiger partial charge in [0.2, 0.25) is 0 Å².